The van der Waals surface area contributed by atoms with E-state index in [1.165, 1.54) is 0 Å². The molecule has 0 aromatic carbocycles. The van der Waals surface area contributed by atoms with Crippen LogP contribution in [-0.2, 0) is 16.7 Å². The van der Waals surface area contributed by atoms with Gasteiger partial charge in [-0.25, -0.2) is 4.98 Å². The van der Waals surface area contributed by atoms with E-state index in [2.05, 4.69) is 10.5 Å². The average Bonchev–Trinajstić information content (AvgIpc) is 2.96. The fraction of sp³-hybridized carbons (Fsp3) is 0.273. The van der Waals surface area contributed by atoms with Crippen LogP contribution in [0.15, 0.2) is 35.2 Å². The molecule has 2 rings (SSSR count). The maximum absolute atomic E-state index is 10.6. The Hall–Kier alpha value is -2.12. The van der Waals surface area contributed by atoms with Crippen LogP contribution >= 0.6 is 0 Å². The number of nitrogens with zero attached hydrogens (tertiary/aromatic N) is 2. The lowest BCUT2D eigenvalue weighted by Crippen LogP contribution is -2.29. The molecule has 0 saturated heterocycles. The zero-order valence-corrected chi connectivity index (χ0v) is 9.87. The lowest BCUT2D eigenvalue weighted by Gasteiger charge is -2.15. The molecule has 0 spiro atoms. The van der Waals surface area contributed by atoms with E-state index in [-0.39, 0.29) is 6.61 Å². The number of imidazole rings is 1. The van der Waals surface area contributed by atoms with E-state index < -0.39 is 11.9 Å². The second-order valence-electron chi connectivity index (χ2n) is 3.72. The van der Waals surface area contributed by atoms with Gasteiger partial charge in [-0.1, -0.05) is 0 Å². The molecule has 0 fully saturated rings. The minimum atomic E-state index is -0.555. The molecule has 7 nitrogen and oxygen atoms in total. The maximum atomic E-state index is 10.6. The summed E-state index contributed by atoms with van der Waals surface area (Å²) >= 11 is 0. The van der Waals surface area contributed by atoms with E-state index in [0.29, 0.717) is 11.6 Å². The average molecular weight is 250 g/mol. The van der Waals surface area contributed by atoms with Crippen molar-refractivity contribution in [3.63, 3.8) is 0 Å². The predicted molar refractivity (Wildman–Crippen MR) is 62.0 cm³/mol. The summed E-state index contributed by atoms with van der Waals surface area (Å²) in [7, 11) is 1.86. The number of carbonyl (C=O) groups excluding carboxylic acids is 1. The van der Waals surface area contributed by atoms with Crippen LogP contribution in [0, 0.1) is 0 Å². The Morgan fingerprint density at radius 1 is 1.72 bits per heavy atom. The second kappa shape index (κ2) is 5.48. The van der Waals surface area contributed by atoms with Crippen molar-refractivity contribution < 1.29 is 14.0 Å². The van der Waals surface area contributed by atoms with Crippen molar-refractivity contribution >= 4 is 5.91 Å². The molecular weight excluding hydrogens is 236 g/mol. The number of rotatable bonds is 6. The third kappa shape index (κ3) is 2.76. The summed E-state index contributed by atoms with van der Waals surface area (Å²) in [5.41, 5.74) is 7.72. The third-order valence-corrected chi connectivity index (χ3v) is 2.36. The molecule has 0 radical (unpaired) electrons. The smallest absolute Gasteiger partial charge is 0.245 e. The van der Waals surface area contributed by atoms with Gasteiger partial charge in [0.1, 0.15) is 24.2 Å². The summed E-state index contributed by atoms with van der Waals surface area (Å²) < 4.78 is 7.15. The lowest BCUT2D eigenvalue weighted by molar-refractivity contribution is -0.126. The monoisotopic (exact) mass is 250 g/mol. The Balaban J connectivity index is 2.14. The molecule has 18 heavy (non-hydrogen) atoms. The van der Waals surface area contributed by atoms with Crippen LogP contribution < -0.4 is 11.2 Å². The van der Waals surface area contributed by atoms with Gasteiger partial charge in [-0.3, -0.25) is 9.63 Å². The minimum Gasteiger partial charge on any atom is -0.467 e. The number of hydrogen-bond donors (Lipinski definition) is 2. The first-order chi connectivity index (χ1) is 8.68. The van der Waals surface area contributed by atoms with Crippen molar-refractivity contribution in [2.24, 2.45) is 12.8 Å². The minimum absolute atomic E-state index is 0.221. The van der Waals surface area contributed by atoms with Crippen molar-refractivity contribution in [3.8, 4) is 0 Å². The third-order valence-electron chi connectivity index (χ3n) is 2.36. The van der Waals surface area contributed by atoms with Gasteiger partial charge in [-0.05, 0) is 12.1 Å². The highest BCUT2D eigenvalue weighted by molar-refractivity contribution is 5.74. The summed E-state index contributed by atoms with van der Waals surface area (Å²) in [6.07, 6.45) is 5.03. The van der Waals surface area contributed by atoms with Crippen LogP contribution in [0.4, 0.5) is 0 Å². The zero-order chi connectivity index (χ0) is 13.0. The van der Waals surface area contributed by atoms with Gasteiger partial charge in [0.25, 0.3) is 0 Å². The Labute approximate surface area is 104 Å². The molecule has 2 aromatic heterocycles. The number of nitrogens with two attached hydrogens (primary N) is 1. The summed E-state index contributed by atoms with van der Waals surface area (Å²) in [6, 6.07) is 3.15. The van der Waals surface area contributed by atoms with Gasteiger partial charge in [0.2, 0.25) is 5.91 Å². The molecule has 0 saturated carbocycles. The highest BCUT2D eigenvalue weighted by atomic mass is 16.6. The molecule has 2 aromatic rings. The van der Waals surface area contributed by atoms with Crippen molar-refractivity contribution in [2.45, 2.75) is 6.04 Å². The van der Waals surface area contributed by atoms with Crippen LogP contribution in [0.25, 0.3) is 0 Å². The molecule has 7 heteroatoms. The van der Waals surface area contributed by atoms with Gasteiger partial charge in [0, 0.05) is 19.4 Å². The van der Waals surface area contributed by atoms with Crippen molar-refractivity contribution in [3.05, 3.63) is 42.4 Å². The largest absolute Gasteiger partial charge is 0.467 e. The SMILES string of the molecule is Cn1ccnc1C(NOCC(N)=O)c1ccco1. The number of furan rings is 1. The molecule has 0 bridgehead atoms. The van der Waals surface area contributed by atoms with E-state index in [1.807, 2.05) is 11.6 Å². The van der Waals surface area contributed by atoms with E-state index in [4.69, 9.17) is 15.0 Å². The zero-order valence-electron chi connectivity index (χ0n) is 9.87. The predicted octanol–water partition coefficient (Wildman–Crippen LogP) is 0.109. The van der Waals surface area contributed by atoms with E-state index in [9.17, 15) is 4.79 Å². The normalized spacial score (nSPS) is 12.5. The molecule has 1 atom stereocenters. The van der Waals surface area contributed by atoms with Gasteiger partial charge in [0.15, 0.2) is 0 Å². The molecule has 96 valence electrons. The molecule has 3 N–H and O–H groups in total. The summed E-state index contributed by atoms with van der Waals surface area (Å²) in [5, 5.41) is 0. The van der Waals surface area contributed by atoms with Crippen LogP contribution in [0.3, 0.4) is 0 Å². The van der Waals surface area contributed by atoms with Gasteiger partial charge >= 0.3 is 0 Å². The topological polar surface area (TPSA) is 95.3 Å². The number of primary amides is 1. The number of hydroxylamine groups is 1. The number of aryl methyl sites for hydroxylation is 1. The molecule has 0 aliphatic carbocycles. The Morgan fingerprint density at radius 3 is 3.11 bits per heavy atom. The lowest BCUT2D eigenvalue weighted by atomic mass is 10.2. The van der Waals surface area contributed by atoms with Crippen LogP contribution in [-0.4, -0.2) is 22.1 Å². The molecule has 1 amide bonds. The standard InChI is InChI=1S/C11H14N4O3/c1-15-5-4-13-11(15)10(8-3-2-6-17-8)14-18-7-9(12)16/h2-6,10,14H,7H2,1H3,(H2,12,16). The summed E-state index contributed by atoms with van der Waals surface area (Å²) in [4.78, 5) is 19.9. The highest BCUT2D eigenvalue weighted by Crippen LogP contribution is 2.20. The number of hydrogen-bond acceptors (Lipinski definition) is 5. The Bertz CT molecular complexity index is 506. The van der Waals surface area contributed by atoms with Gasteiger partial charge in [0.05, 0.1) is 6.26 Å². The van der Waals surface area contributed by atoms with Gasteiger partial charge in [-0.15, -0.1) is 0 Å². The molecule has 0 aliphatic rings. The van der Waals surface area contributed by atoms with Crippen LogP contribution in [0.5, 0.6) is 0 Å². The molecule has 1 unspecified atom stereocenters. The number of amides is 1. The number of nitrogens with one attached hydrogen (secondary N) is 1. The Kier molecular flexibility index (Phi) is 3.75. The summed E-state index contributed by atoms with van der Waals surface area (Å²) in [6.45, 7) is -0.221. The van der Waals surface area contributed by atoms with E-state index >= 15 is 0 Å². The first-order valence-corrected chi connectivity index (χ1v) is 5.34. The molecule has 0 aliphatic heterocycles. The fourth-order valence-corrected chi connectivity index (χ4v) is 1.54. The first-order valence-electron chi connectivity index (χ1n) is 5.34. The molecule has 2 heterocycles. The van der Waals surface area contributed by atoms with Crippen molar-refractivity contribution in [1.29, 1.82) is 0 Å². The van der Waals surface area contributed by atoms with Gasteiger partial charge < -0.3 is 14.7 Å². The van der Waals surface area contributed by atoms with Crippen molar-refractivity contribution in [2.75, 3.05) is 6.61 Å². The fourth-order valence-electron chi connectivity index (χ4n) is 1.54. The first kappa shape index (κ1) is 12.3. The maximum Gasteiger partial charge on any atom is 0.245 e. The van der Waals surface area contributed by atoms with Crippen LogP contribution in [0.2, 0.25) is 0 Å². The highest BCUT2D eigenvalue weighted by Gasteiger charge is 2.21. The Morgan fingerprint density at radius 2 is 2.56 bits per heavy atom. The number of aromatic nitrogens is 2. The summed E-state index contributed by atoms with van der Waals surface area (Å²) in [5.74, 6) is 0.781. The van der Waals surface area contributed by atoms with E-state index in [1.54, 1.807) is 30.8 Å². The van der Waals surface area contributed by atoms with Crippen LogP contribution in [0.1, 0.15) is 17.6 Å². The number of carbonyl (C=O) groups is 1. The second-order valence-corrected chi connectivity index (χ2v) is 3.72. The van der Waals surface area contributed by atoms with E-state index in [0.717, 1.165) is 0 Å². The molecular formula is C11H14N4O3. The quantitative estimate of drug-likeness (QED) is 0.709. The van der Waals surface area contributed by atoms with Gasteiger partial charge in [-0.2, -0.15) is 5.48 Å². The van der Waals surface area contributed by atoms with Crippen molar-refractivity contribution in [1.82, 2.24) is 15.0 Å².